The Labute approximate surface area is 156 Å². The Kier molecular flexibility index (Phi) is 7.28. The maximum Gasteiger partial charge on any atom is 0.306 e. The van der Waals surface area contributed by atoms with E-state index in [-0.39, 0.29) is 12.1 Å². The van der Waals surface area contributed by atoms with Crippen molar-refractivity contribution < 1.29 is 27.8 Å². The number of nitrogens with one attached hydrogen (secondary N) is 1. The monoisotopic (exact) mass is 377 g/mol. The van der Waals surface area contributed by atoms with E-state index < -0.39 is 29.6 Å². The Balaban J connectivity index is 1.70. The fraction of sp³-hybridized carbons (Fsp3) is 0.300. The van der Waals surface area contributed by atoms with Gasteiger partial charge in [-0.3, -0.25) is 9.59 Å². The largest absolute Gasteiger partial charge is 0.494 e. The second-order valence-corrected chi connectivity index (χ2v) is 6.02. The van der Waals surface area contributed by atoms with Crippen molar-refractivity contribution >= 4 is 17.6 Å². The number of esters is 1. The van der Waals surface area contributed by atoms with Gasteiger partial charge < -0.3 is 14.8 Å². The molecule has 0 heterocycles. The number of hydrogen-bond acceptors (Lipinski definition) is 4. The molecule has 0 aliphatic rings. The number of carbonyl (C=O) groups is 2. The number of aryl methyl sites for hydroxylation is 1. The lowest BCUT2D eigenvalue weighted by Gasteiger charge is -2.14. The number of hydrogen-bond donors (Lipinski definition) is 1. The van der Waals surface area contributed by atoms with Crippen molar-refractivity contribution in [2.75, 3.05) is 11.9 Å². The van der Waals surface area contributed by atoms with E-state index in [1.54, 1.807) is 0 Å². The highest BCUT2D eigenvalue weighted by atomic mass is 19.2. The summed E-state index contributed by atoms with van der Waals surface area (Å²) in [5.74, 6) is -2.55. The summed E-state index contributed by atoms with van der Waals surface area (Å²) in [6, 6.07) is 10.5. The van der Waals surface area contributed by atoms with Crippen LogP contribution < -0.4 is 10.1 Å². The van der Waals surface area contributed by atoms with Gasteiger partial charge in [-0.1, -0.05) is 12.1 Å². The van der Waals surface area contributed by atoms with Crippen LogP contribution in [0.5, 0.6) is 5.75 Å². The molecule has 1 N–H and O–H groups in total. The molecule has 1 atom stereocenters. The molecular formula is C20H21F2NO4. The smallest absolute Gasteiger partial charge is 0.306 e. The van der Waals surface area contributed by atoms with Gasteiger partial charge in [-0.15, -0.1) is 0 Å². The van der Waals surface area contributed by atoms with Gasteiger partial charge in [-0.2, -0.15) is 0 Å². The lowest BCUT2D eigenvalue weighted by Crippen LogP contribution is -2.30. The fourth-order valence-corrected chi connectivity index (χ4v) is 2.24. The highest BCUT2D eigenvalue weighted by Gasteiger charge is 2.18. The van der Waals surface area contributed by atoms with Gasteiger partial charge in [0, 0.05) is 18.2 Å². The third-order valence-electron chi connectivity index (χ3n) is 3.65. The molecule has 2 rings (SSSR count). The molecule has 0 aliphatic heterocycles. The SMILES string of the molecule is Cc1cccc(OCCCC(=O)O[C@H](C)C(=O)Nc2ccc(F)c(F)c2)c1. The first-order chi connectivity index (χ1) is 12.8. The number of anilines is 1. The minimum atomic E-state index is -1.08. The van der Waals surface area contributed by atoms with Crippen molar-refractivity contribution in [1.29, 1.82) is 0 Å². The Hall–Kier alpha value is -2.96. The summed E-state index contributed by atoms with van der Waals surface area (Å²) in [4.78, 5) is 23.8. The van der Waals surface area contributed by atoms with Gasteiger partial charge in [0.2, 0.25) is 0 Å². The number of benzene rings is 2. The van der Waals surface area contributed by atoms with E-state index in [4.69, 9.17) is 9.47 Å². The average Bonchev–Trinajstić information content (AvgIpc) is 2.62. The lowest BCUT2D eigenvalue weighted by atomic mass is 10.2. The molecule has 5 nitrogen and oxygen atoms in total. The molecule has 0 radical (unpaired) electrons. The number of rotatable bonds is 8. The highest BCUT2D eigenvalue weighted by Crippen LogP contribution is 2.14. The second kappa shape index (κ2) is 9.66. The molecule has 1 amide bonds. The molecule has 0 aromatic heterocycles. The van der Waals surface area contributed by atoms with Crippen molar-refractivity contribution in [3.05, 3.63) is 59.7 Å². The molecule has 2 aromatic rings. The van der Waals surface area contributed by atoms with Gasteiger partial charge in [-0.05, 0) is 50.1 Å². The van der Waals surface area contributed by atoms with Crippen LogP contribution in [0.2, 0.25) is 0 Å². The van der Waals surface area contributed by atoms with E-state index in [0.29, 0.717) is 13.0 Å². The van der Waals surface area contributed by atoms with Crippen LogP contribution >= 0.6 is 0 Å². The lowest BCUT2D eigenvalue weighted by molar-refractivity contribution is -0.153. The molecule has 27 heavy (non-hydrogen) atoms. The van der Waals surface area contributed by atoms with Gasteiger partial charge >= 0.3 is 5.97 Å². The molecule has 0 saturated heterocycles. The zero-order chi connectivity index (χ0) is 19.8. The van der Waals surface area contributed by atoms with Crippen LogP contribution in [0.4, 0.5) is 14.5 Å². The van der Waals surface area contributed by atoms with Crippen LogP contribution in [-0.4, -0.2) is 24.6 Å². The summed E-state index contributed by atoms with van der Waals surface area (Å²) in [6.45, 7) is 3.70. The number of ether oxygens (including phenoxy) is 2. The number of amides is 1. The molecule has 0 aliphatic carbocycles. The first-order valence-corrected chi connectivity index (χ1v) is 8.50. The predicted octanol–water partition coefficient (Wildman–Crippen LogP) is 4.00. The van der Waals surface area contributed by atoms with Crippen molar-refractivity contribution in [2.45, 2.75) is 32.8 Å². The summed E-state index contributed by atoms with van der Waals surface area (Å²) in [5.41, 5.74) is 1.15. The fourth-order valence-electron chi connectivity index (χ4n) is 2.24. The third kappa shape index (κ3) is 6.69. The number of carbonyl (C=O) groups excluding carboxylic acids is 2. The maximum atomic E-state index is 13.1. The van der Waals surface area contributed by atoms with Crippen molar-refractivity contribution in [2.24, 2.45) is 0 Å². The minimum Gasteiger partial charge on any atom is -0.494 e. The first-order valence-electron chi connectivity index (χ1n) is 8.50. The Morgan fingerprint density at radius 2 is 1.89 bits per heavy atom. The van der Waals surface area contributed by atoms with Crippen LogP contribution in [0.25, 0.3) is 0 Å². The van der Waals surface area contributed by atoms with Crippen LogP contribution in [0.15, 0.2) is 42.5 Å². The van der Waals surface area contributed by atoms with Crippen LogP contribution in [0, 0.1) is 18.6 Å². The van der Waals surface area contributed by atoms with E-state index in [9.17, 15) is 18.4 Å². The van der Waals surface area contributed by atoms with Crippen LogP contribution in [0.3, 0.4) is 0 Å². The molecule has 144 valence electrons. The van der Waals surface area contributed by atoms with E-state index >= 15 is 0 Å². The standard InChI is InChI=1S/C20H21F2NO4/c1-13-5-3-6-16(11-13)26-10-4-7-19(24)27-14(2)20(25)23-15-8-9-17(21)18(22)12-15/h3,5-6,8-9,11-12,14H,4,7,10H2,1-2H3,(H,23,25)/t14-/m1/s1. The average molecular weight is 377 g/mol. The summed E-state index contributed by atoms with van der Waals surface area (Å²) >= 11 is 0. The third-order valence-corrected chi connectivity index (χ3v) is 3.65. The van der Waals surface area contributed by atoms with Gasteiger partial charge in [0.05, 0.1) is 6.61 Å². The number of halogens is 2. The summed E-state index contributed by atoms with van der Waals surface area (Å²) < 4.78 is 36.6. The normalized spacial score (nSPS) is 11.6. The van der Waals surface area contributed by atoms with E-state index in [2.05, 4.69) is 5.32 Å². The van der Waals surface area contributed by atoms with E-state index in [0.717, 1.165) is 23.4 Å². The van der Waals surface area contributed by atoms with E-state index in [1.165, 1.54) is 13.0 Å². The van der Waals surface area contributed by atoms with Crippen molar-refractivity contribution in [3.8, 4) is 5.75 Å². The summed E-state index contributed by atoms with van der Waals surface area (Å²) in [6.07, 6.45) is -0.540. The Morgan fingerprint density at radius 1 is 1.11 bits per heavy atom. The zero-order valence-electron chi connectivity index (χ0n) is 15.1. The minimum absolute atomic E-state index is 0.0772. The van der Waals surface area contributed by atoms with E-state index in [1.807, 2.05) is 31.2 Å². The topological polar surface area (TPSA) is 64.6 Å². The maximum absolute atomic E-state index is 13.1. The predicted molar refractivity (Wildman–Crippen MR) is 96.4 cm³/mol. The zero-order valence-corrected chi connectivity index (χ0v) is 15.1. The molecule has 0 bridgehead atoms. The Bertz CT molecular complexity index is 810. The van der Waals surface area contributed by atoms with Gasteiger partial charge in [0.15, 0.2) is 17.7 Å². The molecule has 0 spiro atoms. The molecule has 0 unspecified atom stereocenters. The first kappa shape index (κ1) is 20.4. The second-order valence-electron chi connectivity index (χ2n) is 6.02. The Morgan fingerprint density at radius 3 is 2.59 bits per heavy atom. The van der Waals surface area contributed by atoms with Gasteiger partial charge in [0.25, 0.3) is 5.91 Å². The van der Waals surface area contributed by atoms with Crippen LogP contribution in [0.1, 0.15) is 25.3 Å². The van der Waals surface area contributed by atoms with Crippen molar-refractivity contribution in [1.82, 2.24) is 0 Å². The van der Waals surface area contributed by atoms with Crippen molar-refractivity contribution in [3.63, 3.8) is 0 Å². The summed E-state index contributed by atoms with van der Waals surface area (Å²) in [7, 11) is 0. The highest BCUT2D eigenvalue weighted by molar-refractivity contribution is 5.95. The quantitative estimate of drug-likeness (QED) is 0.558. The van der Waals surface area contributed by atoms with Gasteiger partial charge in [0.1, 0.15) is 5.75 Å². The molecule has 2 aromatic carbocycles. The van der Waals surface area contributed by atoms with Gasteiger partial charge in [-0.25, -0.2) is 8.78 Å². The molecular weight excluding hydrogens is 356 g/mol. The molecule has 7 heteroatoms. The molecule has 0 saturated carbocycles. The van der Waals surface area contributed by atoms with Crippen LogP contribution in [-0.2, 0) is 14.3 Å². The molecule has 0 fully saturated rings. The summed E-state index contributed by atoms with van der Waals surface area (Å²) in [5, 5.41) is 2.36.